The molecule has 1 aliphatic rings. The van der Waals surface area contributed by atoms with Gasteiger partial charge in [-0.25, -0.2) is 4.68 Å². The fourth-order valence-corrected chi connectivity index (χ4v) is 2.16. The molecule has 0 aliphatic carbocycles. The summed E-state index contributed by atoms with van der Waals surface area (Å²) in [6.07, 6.45) is 2.23. The van der Waals surface area contributed by atoms with Crippen LogP contribution in [0, 0.1) is 13.8 Å². The van der Waals surface area contributed by atoms with Gasteiger partial charge >= 0.3 is 0 Å². The summed E-state index contributed by atoms with van der Waals surface area (Å²) >= 11 is 0. The molecular weight excluding hydrogens is 218 g/mol. The van der Waals surface area contributed by atoms with Crippen molar-refractivity contribution in [1.29, 1.82) is 0 Å². The molecule has 0 aromatic carbocycles. The number of aryl methyl sites for hydroxylation is 1. The molecule has 17 heavy (non-hydrogen) atoms. The number of aliphatic hydroxyl groups is 1. The zero-order valence-electron chi connectivity index (χ0n) is 10.6. The van der Waals surface area contributed by atoms with Crippen molar-refractivity contribution in [2.75, 3.05) is 25.1 Å². The van der Waals surface area contributed by atoms with Crippen molar-refractivity contribution in [2.45, 2.75) is 39.3 Å². The molecule has 2 rings (SSSR count). The zero-order valence-corrected chi connectivity index (χ0v) is 10.6. The number of anilines is 1. The largest absolute Gasteiger partial charge is 0.394 e. The van der Waals surface area contributed by atoms with E-state index in [9.17, 15) is 0 Å². The Balaban J connectivity index is 2.12. The molecule has 2 N–H and O–H groups in total. The van der Waals surface area contributed by atoms with Gasteiger partial charge < -0.3 is 15.2 Å². The summed E-state index contributed by atoms with van der Waals surface area (Å²) < 4.78 is 7.31. The molecule has 0 bridgehead atoms. The van der Waals surface area contributed by atoms with E-state index in [1.54, 1.807) is 0 Å². The quantitative estimate of drug-likeness (QED) is 0.825. The van der Waals surface area contributed by atoms with E-state index in [-0.39, 0.29) is 6.61 Å². The van der Waals surface area contributed by atoms with Crippen molar-refractivity contribution in [1.82, 2.24) is 9.78 Å². The summed E-state index contributed by atoms with van der Waals surface area (Å²) in [5, 5.41) is 16.9. The summed E-state index contributed by atoms with van der Waals surface area (Å²) in [5.41, 5.74) is 2.17. The van der Waals surface area contributed by atoms with E-state index >= 15 is 0 Å². The Morgan fingerprint density at radius 3 is 3.00 bits per heavy atom. The van der Waals surface area contributed by atoms with Gasteiger partial charge in [-0.2, -0.15) is 5.10 Å². The molecule has 5 heteroatoms. The summed E-state index contributed by atoms with van der Waals surface area (Å²) in [4.78, 5) is 0. The number of aromatic nitrogens is 2. The van der Waals surface area contributed by atoms with E-state index in [4.69, 9.17) is 9.84 Å². The first-order valence-electron chi connectivity index (χ1n) is 6.21. The normalized spacial score (nSPS) is 20.5. The number of ether oxygens (including phenoxy) is 1. The number of rotatable bonds is 4. The summed E-state index contributed by atoms with van der Waals surface area (Å²) in [6, 6.07) is 0.357. The van der Waals surface area contributed by atoms with Crippen molar-refractivity contribution in [2.24, 2.45) is 0 Å². The van der Waals surface area contributed by atoms with Gasteiger partial charge in [0.1, 0.15) is 5.82 Å². The fourth-order valence-electron chi connectivity index (χ4n) is 2.16. The van der Waals surface area contributed by atoms with Gasteiger partial charge in [0.05, 0.1) is 31.5 Å². The fraction of sp³-hybridized carbons (Fsp3) is 0.750. The zero-order chi connectivity index (χ0) is 12.3. The predicted octanol–water partition coefficient (Wildman–Crippen LogP) is 1.08. The minimum Gasteiger partial charge on any atom is -0.394 e. The van der Waals surface area contributed by atoms with Gasteiger partial charge in [-0.05, 0) is 26.7 Å². The Bertz CT molecular complexity index is 370. The summed E-state index contributed by atoms with van der Waals surface area (Å²) in [5.74, 6) is 1.02. The molecule has 1 aromatic rings. The maximum absolute atomic E-state index is 9.04. The van der Waals surface area contributed by atoms with Gasteiger partial charge in [0.15, 0.2) is 0 Å². The monoisotopic (exact) mass is 239 g/mol. The number of hydrogen-bond donors (Lipinski definition) is 2. The molecular formula is C12H21N3O2. The average molecular weight is 239 g/mol. The van der Waals surface area contributed by atoms with Crippen LogP contribution in [-0.2, 0) is 11.3 Å². The maximum Gasteiger partial charge on any atom is 0.127 e. The second-order valence-electron chi connectivity index (χ2n) is 4.56. The van der Waals surface area contributed by atoms with Crippen molar-refractivity contribution in [3.63, 3.8) is 0 Å². The van der Waals surface area contributed by atoms with Gasteiger partial charge in [-0.1, -0.05) is 0 Å². The van der Waals surface area contributed by atoms with Gasteiger partial charge in [0, 0.05) is 12.2 Å². The van der Waals surface area contributed by atoms with E-state index in [1.165, 1.54) is 0 Å². The van der Waals surface area contributed by atoms with Crippen LogP contribution in [0.2, 0.25) is 0 Å². The van der Waals surface area contributed by atoms with Crippen molar-refractivity contribution in [3.05, 3.63) is 11.3 Å². The minimum atomic E-state index is 0.108. The summed E-state index contributed by atoms with van der Waals surface area (Å²) in [6.45, 7) is 6.31. The number of nitrogens with zero attached hydrogens (tertiary/aromatic N) is 2. The smallest absolute Gasteiger partial charge is 0.127 e. The first-order chi connectivity index (χ1) is 8.22. The van der Waals surface area contributed by atoms with Gasteiger partial charge in [0.25, 0.3) is 0 Å². The second kappa shape index (κ2) is 5.51. The van der Waals surface area contributed by atoms with E-state index in [1.807, 2.05) is 11.6 Å². The standard InChI is InChI=1S/C12H21N3O2/c1-9-10(2)14-15(5-6-16)12(9)13-11-4-3-7-17-8-11/h11,13,16H,3-8H2,1-2H3. The lowest BCUT2D eigenvalue weighted by Gasteiger charge is -2.24. The van der Waals surface area contributed by atoms with Gasteiger partial charge in [0.2, 0.25) is 0 Å². The average Bonchev–Trinajstić information content (AvgIpc) is 2.59. The summed E-state index contributed by atoms with van der Waals surface area (Å²) in [7, 11) is 0. The van der Waals surface area contributed by atoms with Crippen LogP contribution in [0.1, 0.15) is 24.1 Å². The van der Waals surface area contributed by atoms with Crippen molar-refractivity contribution in [3.8, 4) is 0 Å². The predicted molar refractivity (Wildman–Crippen MR) is 66.3 cm³/mol. The van der Waals surface area contributed by atoms with Crippen molar-refractivity contribution >= 4 is 5.82 Å². The third-order valence-corrected chi connectivity index (χ3v) is 3.24. The van der Waals surface area contributed by atoms with E-state index < -0.39 is 0 Å². The Morgan fingerprint density at radius 2 is 2.35 bits per heavy atom. The Labute approximate surface area is 102 Å². The van der Waals surface area contributed by atoms with Crippen LogP contribution in [0.4, 0.5) is 5.82 Å². The third kappa shape index (κ3) is 2.79. The van der Waals surface area contributed by atoms with Crippen LogP contribution < -0.4 is 5.32 Å². The first-order valence-corrected chi connectivity index (χ1v) is 6.21. The van der Waals surface area contributed by atoms with Crippen LogP contribution in [0.25, 0.3) is 0 Å². The molecule has 1 unspecified atom stereocenters. The Morgan fingerprint density at radius 1 is 1.53 bits per heavy atom. The lowest BCUT2D eigenvalue weighted by molar-refractivity contribution is 0.0873. The van der Waals surface area contributed by atoms with E-state index in [0.717, 1.165) is 43.1 Å². The second-order valence-corrected chi connectivity index (χ2v) is 4.56. The number of hydrogen-bond acceptors (Lipinski definition) is 4. The Kier molecular flexibility index (Phi) is 4.02. The topological polar surface area (TPSA) is 59.3 Å². The molecule has 0 radical (unpaired) electrons. The molecule has 1 aliphatic heterocycles. The highest BCUT2D eigenvalue weighted by Gasteiger charge is 2.18. The number of nitrogens with one attached hydrogen (secondary N) is 1. The van der Waals surface area contributed by atoms with Crippen LogP contribution in [0.5, 0.6) is 0 Å². The molecule has 96 valence electrons. The molecule has 1 aromatic heterocycles. The first kappa shape index (κ1) is 12.4. The van der Waals surface area contributed by atoms with Crippen LogP contribution in [0.3, 0.4) is 0 Å². The lowest BCUT2D eigenvalue weighted by atomic mass is 10.1. The molecule has 0 saturated carbocycles. The van der Waals surface area contributed by atoms with Crippen LogP contribution >= 0.6 is 0 Å². The van der Waals surface area contributed by atoms with Crippen molar-refractivity contribution < 1.29 is 9.84 Å². The number of aliphatic hydroxyl groups excluding tert-OH is 1. The molecule has 1 saturated heterocycles. The maximum atomic E-state index is 9.04. The molecule has 2 heterocycles. The minimum absolute atomic E-state index is 0.108. The molecule has 0 spiro atoms. The van der Waals surface area contributed by atoms with Crippen LogP contribution in [-0.4, -0.2) is 40.7 Å². The van der Waals surface area contributed by atoms with E-state index in [2.05, 4.69) is 17.3 Å². The molecule has 5 nitrogen and oxygen atoms in total. The van der Waals surface area contributed by atoms with Gasteiger partial charge in [-0.15, -0.1) is 0 Å². The van der Waals surface area contributed by atoms with Crippen LogP contribution in [0.15, 0.2) is 0 Å². The highest BCUT2D eigenvalue weighted by atomic mass is 16.5. The third-order valence-electron chi connectivity index (χ3n) is 3.24. The molecule has 0 amide bonds. The highest BCUT2D eigenvalue weighted by molar-refractivity contribution is 5.47. The van der Waals surface area contributed by atoms with Gasteiger partial charge in [-0.3, -0.25) is 0 Å². The Hall–Kier alpha value is -1.07. The lowest BCUT2D eigenvalue weighted by Crippen LogP contribution is -2.31. The van der Waals surface area contributed by atoms with E-state index in [0.29, 0.717) is 12.6 Å². The molecule has 1 atom stereocenters. The SMILES string of the molecule is Cc1nn(CCO)c(NC2CCCOC2)c1C. The highest BCUT2D eigenvalue weighted by Crippen LogP contribution is 2.21. The molecule has 1 fully saturated rings.